The minimum Gasteiger partial charge on any atom is -0.466 e. The van der Waals surface area contributed by atoms with Crippen molar-refractivity contribution in [2.75, 3.05) is 20.2 Å². The number of hydrogen-bond acceptors (Lipinski definition) is 3. The number of ether oxygens (including phenoxy) is 1. The van der Waals surface area contributed by atoms with Crippen LogP contribution in [0.25, 0.3) is 0 Å². The van der Waals surface area contributed by atoms with E-state index in [1.165, 1.54) is 25.7 Å². The van der Waals surface area contributed by atoms with Crippen LogP contribution in [-0.4, -0.2) is 26.2 Å². The van der Waals surface area contributed by atoms with Crippen molar-refractivity contribution in [3.63, 3.8) is 0 Å². The van der Waals surface area contributed by atoms with Gasteiger partial charge in [0.1, 0.15) is 0 Å². The molecule has 2 aliphatic carbocycles. The van der Waals surface area contributed by atoms with E-state index in [0.29, 0.717) is 13.0 Å². The van der Waals surface area contributed by atoms with E-state index in [-0.39, 0.29) is 11.4 Å². The Labute approximate surface area is 97.9 Å². The lowest BCUT2D eigenvalue weighted by Crippen LogP contribution is -2.33. The highest BCUT2D eigenvalue weighted by Crippen LogP contribution is 2.56. The van der Waals surface area contributed by atoms with Crippen LogP contribution in [0.1, 0.15) is 39.0 Å². The molecule has 3 heteroatoms. The quantitative estimate of drug-likeness (QED) is 0.727. The number of fused-ring (bicyclic) bond motifs is 1. The second-order valence-corrected chi connectivity index (χ2v) is 5.52. The zero-order valence-corrected chi connectivity index (χ0v) is 10.4. The van der Waals surface area contributed by atoms with Crippen molar-refractivity contribution in [3.8, 4) is 0 Å². The normalized spacial score (nSPS) is 36.6. The summed E-state index contributed by atoms with van der Waals surface area (Å²) in [6, 6.07) is 0. The Balaban J connectivity index is 1.96. The molecule has 0 amide bonds. The predicted molar refractivity (Wildman–Crippen MR) is 63.1 cm³/mol. The van der Waals surface area contributed by atoms with Gasteiger partial charge in [-0.15, -0.1) is 0 Å². The van der Waals surface area contributed by atoms with Gasteiger partial charge in [0, 0.05) is 6.54 Å². The minimum atomic E-state index is -0.0148. The van der Waals surface area contributed by atoms with E-state index in [1.807, 2.05) is 14.0 Å². The van der Waals surface area contributed by atoms with E-state index in [0.717, 1.165) is 18.4 Å². The topological polar surface area (TPSA) is 38.3 Å². The molecule has 2 saturated carbocycles. The average molecular weight is 225 g/mol. The molecule has 3 atom stereocenters. The highest BCUT2D eigenvalue weighted by atomic mass is 16.5. The van der Waals surface area contributed by atoms with E-state index < -0.39 is 0 Å². The van der Waals surface area contributed by atoms with Crippen LogP contribution in [-0.2, 0) is 9.53 Å². The van der Waals surface area contributed by atoms with Crippen LogP contribution in [0.4, 0.5) is 0 Å². The smallest absolute Gasteiger partial charge is 0.306 e. The molecule has 0 radical (unpaired) electrons. The summed E-state index contributed by atoms with van der Waals surface area (Å²) in [6.07, 6.45) is 5.79. The zero-order valence-electron chi connectivity index (χ0n) is 10.4. The Morgan fingerprint density at radius 1 is 1.38 bits per heavy atom. The van der Waals surface area contributed by atoms with Crippen LogP contribution in [0.2, 0.25) is 0 Å². The molecular weight excluding hydrogens is 202 g/mol. The summed E-state index contributed by atoms with van der Waals surface area (Å²) in [7, 11) is 1.98. The van der Waals surface area contributed by atoms with Crippen molar-refractivity contribution in [2.24, 2.45) is 17.3 Å². The predicted octanol–water partition coefficient (Wildman–Crippen LogP) is 1.97. The molecule has 16 heavy (non-hydrogen) atoms. The third-order valence-electron chi connectivity index (χ3n) is 4.34. The molecule has 0 aromatic heterocycles. The molecule has 0 saturated heterocycles. The average Bonchev–Trinajstić information content (AvgIpc) is 2.43. The number of carbonyl (C=O) groups is 1. The Bertz CT molecular complexity index is 253. The number of nitrogens with one attached hydrogen (secondary N) is 1. The molecule has 2 aliphatic rings. The van der Waals surface area contributed by atoms with Crippen LogP contribution in [0, 0.1) is 17.3 Å². The minimum absolute atomic E-state index is 0.0148. The highest BCUT2D eigenvalue weighted by Gasteiger charge is 2.49. The Morgan fingerprint density at radius 2 is 2.00 bits per heavy atom. The van der Waals surface area contributed by atoms with Gasteiger partial charge < -0.3 is 10.1 Å². The maximum atomic E-state index is 11.7. The summed E-state index contributed by atoms with van der Waals surface area (Å²) in [6.45, 7) is 3.33. The fourth-order valence-electron chi connectivity index (χ4n) is 3.62. The maximum absolute atomic E-state index is 11.7. The molecule has 3 nitrogen and oxygen atoms in total. The second kappa shape index (κ2) is 4.74. The van der Waals surface area contributed by atoms with Gasteiger partial charge >= 0.3 is 5.97 Å². The lowest BCUT2D eigenvalue weighted by atomic mass is 9.77. The van der Waals surface area contributed by atoms with E-state index in [4.69, 9.17) is 4.74 Å². The summed E-state index contributed by atoms with van der Waals surface area (Å²) in [5.41, 5.74) is 0.187. The summed E-state index contributed by atoms with van der Waals surface area (Å²) < 4.78 is 5.10. The third kappa shape index (κ3) is 2.24. The molecular formula is C13H23NO2. The summed E-state index contributed by atoms with van der Waals surface area (Å²) in [4.78, 5) is 11.7. The van der Waals surface area contributed by atoms with Crippen molar-refractivity contribution in [3.05, 3.63) is 0 Å². The van der Waals surface area contributed by atoms with Gasteiger partial charge in [-0.1, -0.05) is 0 Å². The third-order valence-corrected chi connectivity index (χ3v) is 4.34. The molecule has 2 fully saturated rings. The lowest BCUT2D eigenvalue weighted by Gasteiger charge is -2.29. The summed E-state index contributed by atoms with van der Waals surface area (Å²) >= 11 is 0. The van der Waals surface area contributed by atoms with Crippen molar-refractivity contribution < 1.29 is 9.53 Å². The van der Waals surface area contributed by atoms with Crippen LogP contribution in [0.5, 0.6) is 0 Å². The Morgan fingerprint density at radius 3 is 2.44 bits per heavy atom. The van der Waals surface area contributed by atoms with E-state index in [2.05, 4.69) is 5.32 Å². The fourth-order valence-corrected chi connectivity index (χ4v) is 3.62. The summed E-state index contributed by atoms with van der Waals surface area (Å²) in [5, 5.41) is 3.26. The van der Waals surface area contributed by atoms with Gasteiger partial charge in [-0.25, -0.2) is 0 Å². The Hall–Kier alpha value is -0.570. The summed E-state index contributed by atoms with van der Waals surface area (Å²) in [5.74, 6) is 1.77. The van der Waals surface area contributed by atoms with Crippen molar-refractivity contribution in [1.82, 2.24) is 5.32 Å². The molecule has 0 aromatic rings. The molecule has 92 valence electrons. The van der Waals surface area contributed by atoms with Crippen LogP contribution in [0.15, 0.2) is 0 Å². The number of rotatable bonds is 5. The van der Waals surface area contributed by atoms with Crippen molar-refractivity contribution in [1.29, 1.82) is 0 Å². The molecule has 2 rings (SSSR count). The molecule has 1 N–H and O–H groups in total. The van der Waals surface area contributed by atoms with Crippen LogP contribution in [0.3, 0.4) is 0 Å². The number of hydrogen-bond donors (Lipinski definition) is 1. The molecule has 0 bridgehead atoms. The van der Waals surface area contributed by atoms with Gasteiger partial charge in [-0.05, 0) is 56.9 Å². The Kier molecular flexibility index (Phi) is 3.53. The lowest BCUT2D eigenvalue weighted by molar-refractivity contribution is -0.145. The van der Waals surface area contributed by atoms with E-state index >= 15 is 0 Å². The van der Waals surface area contributed by atoms with Crippen molar-refractivity contribution >= 4 is 5.97 Å². The first-order valence-electron chi connectivity index (χ1n) is 6.49. The first-order valence-corrected chi connectivity index (χ1v) is 6.49. The highest BCUT2D eigenvalue weighted by molar-refractivity contribution is 5.70. The van der Waals surface area contributed by atoms with Gasteiger partial charge in [0.05, 0.1) is 13.0 Å². The van der Waals surface area contributed by atoms with Gasteiger partial charge in [0.2, 0.25) is 0 Å². The fraction of sp³-hybridized carbons (Fsp3) is 0.923. The molecule has 0 heterocycles. The molecule has 0 aliphatic heterocycles. The van der Waals surface area contributed by atoms with Gasteiger partial charge in [0.15, 0.2) is 0 Å². The first kappa shape index (κ1) is 11.9. The standard InChI is InChI=1S/C13H23NO2/c1-3-16-12(15)8-13(9-14-2)6-10-4-5-11(10)7-13/h10-11,14H,3-9H2,1-2H3/t10-,11+,13?. The van der Waals surface area contributed by atoms with Gasteiger partial charge in [-0.2, -0.15) is 0 Å². The molecule has 1 unspecified atom stereocenters. The molecule has 0 spiro atoms. The second-order valence-electron chi connectivity index (χ2n) is 5.52. The first-order chi connectivity index (χ1) is 7.69. The van der Waals surface area contributed by atoms with Crippen LogP contribution < -0.4 is 5.32 Å². The monoisotopic (exact) mass is 225 g/mol. The van der Waals surface area contributed by atoms with E-state index in [1.54, 1.807) is 0 Å². The zero-order chi connectivity index (χ0) is 11.6. The van der Waals surface area contributed by atoms with Crippen LogP contribution >= 0.6 is 0 Å². The number of carbonyl (C=O) groups excluding carboxylic acids is 1. The van der Waals surface area contributed by atoms with Crippen molar-refractivity contribution in [2.45, 2.75) is 39.0 Å². The SMILES string of the molecule is CCOC(=O)CC1(CNC)C[C@H]2CC[C@H]2C1. The largest absolute Gasteiger partial charge is 0.466 e. The maximum Gasteiger partial charge on any atom is 0.306 e. The van der Waals surface area contributed by atoms with E-state index in [9.17, 15) is 4.79 Å². The van der Waals surface area contributed by atoms with Gasteiger partial charge in [-0.3, -0.25) is 4.79 Å². The van der Waals surface area contributed by atoms with Gasteiger partial charge in [0.25, 0.3) is 0 Å². The number of esters is 1. The molecule has 0 aromatic carbocycles.